The molecule has 0 aliphatic carbocycles. The number of imide groups is 1. The first-order chi connectivity index (χ1) is 22.8. The van der Waals surface area contributed by atoms with Crippen LogP contribution in [0.25, 0.3) is 0 Å². The highest BCUT2D eigenvalue weighted by atomic mass is 16.3. The molecule has 2 heterocycles. The smallest absolute Gasteiger partial charge is 0.229 e. The topological polar surface area (TPSA) is 108 Å². The second-order valence-electron chi connectivity index (χ2n) is 14.1. The zero-order valence-electron chi connectivity index (χ0n) is 29.5. The molecule has 3 aromatic rings. The number of hydrogen-bond donors (Lipinski definition) is 3. The molecule has 3 aromatic carbocycles. The van der Waals surface area contributed by atoms with Crippen LogP contribution in [0.5, 0.6) is 17.2 Å². The van der Waals surface area contributed by atoms with E-state index in [9.17, 15) is 24.9 Å². The largest absolute Gasteiger partial charge is 0.507 e. The number of aryl methyl sites for hydroxylation is 6. The number of carbonyl (C=O) groups is 2. The van der Waals surface area contributed by atoms with E-state index >= 15 is 0 Å². The number of aromatic hydroxyl groups is 3. The lowest BCUT2D eigenvalue weighted by molar-refractivity contribution is -0.138. The van der Waals surface area contributed by atoms with E-state index in [1.165, 1.54) is 4.90 Å². The summed E-state index contributed by atoms with van der Waals surface area (Å²) in [6, 6.07) is 12.1. The van der Waals surface area contributed by atoms with E-state index in [0.717, 1.165) is 69.7 Å². The van der Waals surface area contributed by atoms with Crippen LogP contribution in [-0.4, -0.2) is 92.0 Å². The Kier molecular flexibility index (Phi) is 11.1. The van der Waals surface area contributed by atoms with Gasteiger partial charge in [0, 0.05) is 94.5 Å². The number of carbonyl (C=O) groups excluding carboxylic acids is 2. The van der Waals surface area contributed by atoms with Crippen molar-refractivity contribution in [2.45, 2.75) is 86.5 Å². The van der Waals surface area contributed by atoms with Crippen LogP contribution in [0.4, 0.5) is 0 Å². The number of amides is 2. The molecule has 0 radical (unpaired) electrons. The fraction of sp³-hybridized carbons (Fsp3) is 0.487. The lowest BCUT2D eigenvalue weighted by Crippen LogP contribution is -2.46. The van der Waals surface area contributed by atoms with Crippen molar-refractivity contribution < 1.29 is 24.9 Å². The highest BCUT2D eigenvalue weighted by Gasteiger charge is 2.32. The maximum absolute atomic E-state index is 12.6. The minimum absolute atomic E-state index is 0.0472. The van der Waals surface area contributed by atoms with Crippen LogP contribution in [0.1, 0.15) is 69.3 Å². The Bertz CT molecular complexity index is 1650. The lowest BCUT2D eigenvalue weighted by Gasteiger charge is -2.36. The Morgan fingerprint density at radius 1 is 0.583 bits per heavy atom. The maximum atomic E-state index is 12.6. The summed E-state index contributed by atoms with van der Waals surface area (Å²) >= 11 is 0. The first-order valence-corrected chi connectivity index (χ1v) is 17.2. The van der Waals surface area contributed by atoms with Crippen LogP contribution >= 0.6 is 0 Å². The molecule has 2 fully saturated rings. The summed E-state index contributed by atoms with van der Waals surface area (Å²) in [5.74, 6) is 0.695. The molecule has 9 nitrogen and oxygen atoms in total. The Hall–Kier alpha value is -3.92. The third kappa shape index (κ3) is 8.38. The Morgan fingerprint density at radius 3 is 1.50 bits per heavy atom. The molecule has 0 saturated carbocycles. The molecule has 1 unspecified atom stereocenters. The van der Waals surface area contributed by atoms with E-state index in [0.29, 0.717) is 57.2 Å². The Labute approximate surface area is 285 Å². The summed E-state index contributed by atoms with van der Waals surface area (Å²) in [5, 5.41) is 33.2. The third-order valence-corrected chi connectivity index (χ3v) is 9.99. The van der Waals surface area contributed by atoms with Crippen LogP contribution in [-0.2, 0) is 29.2 Å². The van der Waals surface area contributed by atoms with Crippen molar-refractivity contribution in [3.05, 3.63) is 86.5 Å². The number of rotatable bonds is 9. The van der Waals surface area contributed by atoms with Crippen LogP contribution in [0.3, 0.4) is 0 Å². The molecule has 2 aliphatic heterocycles. The minimum atomic E-state index is -0.113. The molecule has 0 aromatic heterocycles. The molecule has 48 heavy (non-hydrogen) atoms. The van der Waals surface area contributed by atoms with Gasteiger partial charge < -0.3 is 15.3 Å². The van der Waals surface area contributed by atoms with Crippen molar-refractivity contribution in [2.75, 3.05) is 39.3 Å². The molecule has 258 valence electrons. The van der Waals surface area contributed by atoms with E-state index in [1.807, 2.05) is 71.9 Å². The average molecular weight is 657 g/mol. The summed E-state index contributed by atoms with van der Waals surface area (Å²) in [6.07, 6.45) is 1.13. The van der Waals surface area contributed by atoms with Crippen molar-refractivity contribution in [3.8, 4) is 17.2 Å². The Balaban J connectivity index is 1.51. The van der Waals surface area contributed by atoms with Gasteiger partial charge >= 0.3 is 0 Å². The molecule has 1 atom stereocenters. The van der Waals surface area contributed by atoms with Gasteiger partial charge in [-0.1, -0.05) is 53.1 Å². The Morgan fingerprint density at radius 2 is 1.00 bits per heavy atom. The van der Waals surface area contributed by atoms with E-state index in [2.05, 4.69) is 20.8 Å². The number of benzene rings is 3. The van der Waals surface area contributed by atoms with Gasteiger partial charge in [-0.2, -0.15) is 0 Å². The number of hydrogen-bond acceptors (Lipinski definition) is 8. The second-order valence-corrected chi connectivity index (χ2v) is 14.1. The van der Waals surface area contributed by atoms with Gasteiger partial charge in [0.1, 0.15) is 17.2 Å². The molecule has 2 amide bonds. The molecular weight excluding hydrogens is 604 g/mol. The van der Waals surface area contributed by atoms with Crippen molar-refractivity contribution in [1.82, 2.24) is 19.6 Å². The molecule has 0 spiro atoms. The van der Waals surface area contributed by atoms with Gasteiger partial charge in [-0.3, -0.25) is 29.2 Å². The number of nitrogens with zero attached hydrogens (tertiary/aromatic N) is 4. The summed E-state index contributed by atoms with van der Waals surface area (Å²) in [6.45, 7) is 17.4. The zero-order valence-corrected chi connectivity index (χ0v) is 29.5. The fourth-order valence-electron chi connectivity index (χ4n) is 7.49. The van der Waals surface area contributed by atoms with Crippen LogP contribution in [0.2, 0.25) is 0 Å². The van der Waals surface area contributed by atoms with Crippen LogP contribution in [0, 0.1) is 41.5 Å². The van der Waals surface area contributed by atoms with Crippen LogP contribution < -0.4 is 0 Å². The van der Waals surface area contributed by atoms with Gasteiger partial charge in [-0.25, -0.2) is 0 Å². The molecule has 3 N–H and O–H groups in total. The molecule has 0 bridgehead atoms. The van der Waals surface area contributed by atoms with E-state index in [1.54, 1.807) is 0 Å². The van der Waals surface area contributed by atoms with Crippen molar-refractivity contribution >= 4 is 11.8 Å². The number of phenolic OH excluding ortho intramolecular Hbond substituents is 3. The lowest BCUT2D eigenvalue weighted by atomic mass is 10.0. The van der Waals surface area contributed by atoms with Gasteiger partial charge in [-0.15, -0.1) is 0 Å². The van der Waals surface area contributed by atoms with Gasteiger partial charge in [0.25, 0.3) is 0 Å². The molecule has 2 saturated heterocycles. The monoisotopic (exact) mass is 656 g/mol. The number of phenols is 3. The van der Waals surface area contributed by atoms with E-state index in [-0.39, 0.29) is 36.4 Å². The highest BCUT2D eigenvalue weighted by Crippen LogP contribution is 2.30. The van der Waals surface area contributed by atoms with Crippen LogP contribution in [0.15, 0.2) is 36.4 Å². The summed E-state index contributed by atoms with van der Waals surface area (Å²) in [5.41, 5.74) is 8.42. The van der Waals surface area contributed by atoms with Crippen molar-refractivity contribution in [3.63, 3.8) is 0 Å². The normalized spacial score (nSPS) is 18.7. The van der Waals surface area contributed by atoms with E-state index < -0.39 is 0 Å². The van der Waals surface area contributed by atoms with E-state index in [4.69, 9.17) is 0 Å². The van der Waals surface area contributed by atoms with Gasteiger partial charge in [-0.05, 0) is 64.7 Å². The molecule has 9 heteroatoms. The average Bonchev–Trinajstić information content (AvgIpc) is 3.37. The SMILES string of the molecule is Cc1cc(C)c(O)c(CN2CCN(Cc3cc(C)cc(C)c3O)CC(CCN3C(=O)CCC3=O)N(Cc3cc(C)cc(C)c3O)CC2)c1. The molecule has 5 rings (SSSR count). The van der Waals surface area contributed by atoms with Gasteiger partial charge in [0.05, 0.1) is 0 Å². The first-order valence-electron chi connectivity index (χ1n) is 17.2. The zero-order chi connectivity index (χ0) is 34.7. The fourth-order valence-corrected chi connectivity index (χ4v) is 7.49. The molecular formula is C39H52N4O5. The highest BCUT2D eigenvalue weighted by molar-refractivity contribution is 6.01. The van der Waals surface area contributed by atoms with Gasteiger partial charge in [0.15, 0.2) is 0 Å². The standard InChI is InChI=1S/C39H52N4O5/c1-25-15-28(4)37(46)31(18-25)21-40-11-12-41(22-32-19-26(2)16-29(5)38(32)47)24-34(9-10-43-35(44)7-8-36(43)45)42(14-13-40)23-33-20-27(3)17-30(6)39(33)48/h15-20,34,46-48H,7-14,21-24H2,1-6H3. The third-order valence-electron chi connectivity index (χ3n) is 9.99. The summed E-state index contributed by atoms with van der Waals surface area (Å²) in [7, 11) is 0. The number of likely N-dealkylation sites (tertiary alicyclic amines) is 1. The molecule has 2 aliphatic rings. The predicted octanol–water partition coefficient (Wildman–Crippen LogP) is 5.38. The predicted molar refractivity (Wildman–Crippen MR) is 188 cm³/mol. The van der Waals surface area contributed by atoms with Crippen molar-refractivity contribution in [2.24, 2.45) is 0 Å². The van der Waals surface area contributed by atoms with Crippen molar-refractivity contribution in [1.29, 1.82) is 0 Å². The summed E-state index contributed by atoms with van der Waals surface area (Å²) < 4.78 is 0. The quantitative estimate of drug-likeness (QED) is 0.264. The first kappa shape index (κ1) is 35.4. The maximum Gasteiger partial charge on any atom is 0.229 e. The van der Waals surface area contributed by atoms with Gasteiger partial charge in [0.2, 0.25) is 11.8 Å². The summed E-state index contributed by atoms with van der Waals surface area (Å²) in [4.78, 5) is 33.8. The minimum Gasteiger partial charge on any atom is -0.507 e. The second kappa shape index (κ2) is 15.1.